The number of hydrogen-bond donors (Lipinski definition) is 3. The number of primary amides is 1. The molecule has 19 heavy (non-hydrogen) atoms. The Morgan fingerprint density at radius 3 is 2.53 bits per heavy atom. The number of nitrogens with zero attached hydrogens (tertiary/aromatic N) is 1. The summed E-state index contributed by atoms with van der Waals surface area (Å²) in [5.41, 5.74) is 4.60. The standard InChI is InChI=1S/C8H12N4O5S2/c1-4(7(9)13)11-19(16,17)6-3-5(12(14)15)8(10-2)18-6/h3-4,10-11H,1-2H3,(H2,9,13). The van der Waals surface area contributed by atoms with Gasteiger partial charge in [-0.1, -0.05) is 11.3 Å². The van der Waals surface area contributed by atoms with E-state index in [0.717, 1.165) is 6.07 Å². The second-order valence-corrected chi connectivity index (χ2v) is 6.53. The summed E-state index contributed by atoms with van der Waals surface area (Å²) >= 11 is 0.693. The number of amides is 1. The van der Waals surface area contributed by atoms with E-state index in [2.05, 4.69) is 5.32 Å². The lowest BCUT2D eigenvalue weighted by Crippen LogP contribution is -2.41. The Kier molecular flexibility index (Phi) is 4.44. The fourth-order valence-electron chi connectivity index (χ4n) is 1.16. The molecule has 4 N–H and O–H groups in total. The van der Waals surface area contributed by atoms with E-state index in [0.29, 0.717) is 11.3 Å². The molecule has 0 spiro atoms. The van der Waals surface area contributed by atoms with Gasteiger partial charge in [0.2, 0.25) is 5.91 Å². The van der Waals surface area contributed by atoms with E-state index < -0.39 is 26.9 Å². The van der Waals surface area contributed by atoms with Crippen molar-refractivity contribution >= 4 is 38.0 Å². The van der Waals surface area contributed by atoms with Gasteiger partial charge in [-0.15, -0.1) is 0 Å². The van der Waals surface area contributed by atoms with E-state index in [9.17, 15) is 23.3 Å². The van der Waals surface area contributed by atoms with Crippen molar-refractivity contribution in [1.29, 1.82) is 0 Å². The minimum atomic E-state index is -4.03. The molecule has 0 aromatic carbocycles. The highest BCUT2D eigenvalue weighted by Crippen LogP contribution is 2.36. The predicted molar refractivity (Wildman–Crippen MR) is 69.5 cm³/mol. The second kappa shape index (κ2) is 5.50. The maximum Gasteiger partial charge on any atom is 0.304 e. The molecule has 1 heterocycles. The first-order valence-corrected chi connectivity index (χ1v) is 7.26. The van der Waals surface area contributed by atoms with Gasteiger partial charge < -0.3 is 11.1 Å². The Morgan fingerprint density at radius 1 is 1.58 bits per heavy atom. The number of rotatable bonds is 6. The minimum absolute atomic E-state index is 0.108. The average molecular weight is 308 g/mol. The van der Waals surface area contributed by atoms with Crippen molar-refractivity contribution in [2.24, 2.45) is 5.73 Å². The lowest BCUT2D eigenvalue weighted by Gasteiger charge is -2.08. The van der Waals surface area contributed by atoms with E-state index in [1.165, 1.54) is 14.0 Å². The molecule has 0 aliphatic rings. The molecule has 11 heteroatoms. The number of sulfonamides is 1. The van der Waals surface area contributed by atoms with Gasteiger partial charge in [0.25, 0.3) is 10.0 Å². The van der Waals surface area contributed by atoms with Gasteiger partial charge in [-0.25, -0.2) is 8.42 Å². The molecule has 1 aromatic rings. The Labute approximate surface area is 113 Å². The number of thiophene rings is 1. The summed E-state index contributed by atoms with van der Waals surface area (Å²) in [4.78, 5) is 20.9. The van der Waals surface area contributed by atoms with E-state index in [4.69, 9.17) is 5.73 Å². The molecule has 1 amide bonds. The largest absolute Gasteiger partial charge is 0.374 e. The van der Waals surface area contributed by atoms with Gasteiger partial charge in [0.15, 0.2) is 5.00 Å². The highest BCUT2D eigenvalue weighted by molar-refractivity contribution is 7.91. The second-order valence-electron chi connectivity index (χ2n) is 3.53. The van der Waals surface area contributed by atoms with Gasteiger partial charge in [-0.3, -0.25) is 14.9 Å². The van der Waals surface area contributed by atoms with Crippen LogP contribution in [0.2, 0.25) is 0 Å². The van der Waals surface area contributed by atoms with Crippen molar-refractivity contribution in [2.45, 2.75) is 17.2 Å². The first kappa shape index (κ1) is 15.3. The first-order chi connectivity index (χ1) is 8.69. The van der Waals surface area contributed by atoms with Crippen LogP contribution in [0.25, 0.3) is 0 Å². The SMILES string of the molecule is CNc1sc(S(=O)(=O)NC(C)C(N)=O)cc1[N+](=O)[O-]. The zero-order chi connectivity index (χ0) is 14.8. The minimum Gasteiger partial charge on any atom is -0.374 e. The van der Waals surface area contributed by atoms with Crippen molar-refractivity contribution in [3.05, 3.63) is 16.2 Å². The molecule has 1 aromatic heterocycles. The Balaban J connectivity index is 3.16. The lowest BCUT2D eigenvalue weighted by molar-refractivity contribution is -0.383. The molecule has 0 bridgehead atoms. The van der Waals surface area contributed by atoms with Crippen LogP contribution in [-0.2, 0) is 14.8 Å². The normalized spacial score (nSPS) is 12.9. The monoisotopic (exact) mass is 308 g/mol. The van der Waals surface area contributed by atoms with Crippen molar-refractivity contribution in [3.63, 3.8) is 0 Å². The van der Waals surface area contributed by atoms with Crippen molar-refractivity contribution in [3.8, 4) is 0 Å². The van der Waals surface area contributed by atoms with Crippen molar-refractivity contribution in [2.75, 3.05) is 12.4 Å². The van der Waals surface area contributed by atoms with Crippen molar-refractivity contribution in [1.82, 2.24) is 4.72 Å². The predicted octanol–water partition coefficient (Wildman–Crippen LogP) is -0.150. The lowest BCUT2D eigenvalue weighted by atomic mass is 10.4. The van der Waals surface area contributed by atoms with Crippen LogP contribution >= 0.6 is 11.3 Å². The number of hydrogen-bond acceptors (Lipinski definition) is 7. The maximum atomic E-state index is 11.9. The molecule has 106 valence electrons. The molecule has 0 saturated heterocycles. The van der Waals surface area contributed by atoms with Gasteiger partial charge >= 0.3 is 5.69 Å². The van der Waals surface area contributed by atoms with Crippen LogP contribution in [-0.4, -0.2) is 32.3 Å². The van der Waals surface area contributed by atoms with Gasteiger partial charge in [0.05, 0.1) is 11.0 Å². The fourth-order valence-corrected chi connectivity index (χ4v) is 3.67. The number of carbonyl (C=O) groups excluding carboxylic acids is 1. The molecule has 1 rings (SSSR count). The molecule has 9 nitrogen and oxygen atoms in total. The topological polar surface area (TPSA) is 144 Å². The van der Waals surface area contributed by atoms with Crippen molar-refractivity contribution < 1.29 is 18.1 Å². The number of anilines is 1. The molecule has 0 radical (unpaired) electrons. The third-order valence-electron chi connectivity index (χ3n) is 2.14. The third kappa shape index (κ3) is 3.39. The molecule has 0 fully saturated rings. The summed E-state index contributed by atoms with van der Waals surface area (Å²) in [5.74, 6) is -0.844. The average Bonchev–Trinajstić information content (AvgIpc) is 2.72. The van der Waals surface area contributed by atoms with E-state index in [1.807, 2.05) is 4.72 Å². The number of nitro groups is 1. The highest BCUT2D eigenvalue weighted by atomic mass is 32.2. The van der Waals surface area contributed by atoms with Crippen LogP contribution in [0, 0.1) is 10.1 Å². The van der Waals surface area contributed by atoms with E-state index in [1.54, 1.807) is 0 Å². The van der Waals surface area contributed by atoms with Crippen LogP contribution < -0.4 is 15.8 Å². The van der Waals surface area contributed by atoms with Crippen LogP contribution in [0.4, 0.5) is 10.7 Å². The quantitative estimate of drug-likeness (QED) is 0.492. The van der Waals surface area contributed by atoms with Crippen LogP contribution in [0.15, 0.2) is 10.3 Å². The smallest absolute Gasteiger partial charge is 0.304 e. The fraction of sp³-hybridized carbons (Fsp3) is 0.375. The molecule has 0 aliphatic heterocycles. The molecule has 0 aliphatic carbocycles. The maximum absolute atomic E-state index is 11.9. The Bertz CT molecular complexity index is 609. The van der Waals surface area contributed by atoms with Gasteiger partial charge in [0, 0.05) is 13.1 Å². The molecular formula is C8H12N4O5S2. The van der Waals surface area contributed by atoms with E-state index >= 15 is 0 Å². The van der Waals surface area contributed by atoms with Crippen LogP contribution in [0.3, 0.4) is 0 Å². The number of nitrogens with two attached hydrogens (primary N) is 1. The van der Waals surface area contributed by atoms with Gasteiger partial charge in [-0.2, -0.15) is 4.72 Å². The zero-order valence-corrected chi connectivity index (χ0v) is 11.7. The van der Waals surface area contributed by atoms with E-state index in [-0.39, 0.29) is 14.9 Å². The highest BCUT2D eigenvalue weighted by Gasteiger charge is 2.27. The summed E-state index contributed by atoms with van der Waals surface area (Å²) in [7, 11) is -2.59. The molecule has 1 atom stereocenters. The summed E-state index contributed by atoms with van der Waals surface area (Å²) < 4.78 is 25.6. The summed E-state index contributed by atoms with van der Waals surface area (Å²) in [6, 6.07) is -0.184. The zero-order valence-electron chi connectivity index (χ0n) is 10.0. The van der Waals surface area contributed by atoms with Gasteiger partial charge in [-0.05, 0) is 6.92 Å². The molecule has 1 unspecified atom stereocenters. The van der Waals surface area contributed by atoms with Gasteiger partial charge in [0.1, 0.15) is 4.21 Å². The van der Waals surface area contributed by atoms with Crippen LogP contribution in [0.1, 0.15) is 6.92 Å². The summed E-state index contributed by atoms with van der Waals surface area (Å²) in [5, 5.41) is 13.4. The summed E-state index contributed by atoms with van der Waals surface area (Å²) in [6.07, 6.45) is 0. The van der Waals surface area contributed by atoms with Crippen LogP contribution in [0.5, 0.6) is 0 Å². The third-order valence-corrected chi connectivity index (χ3v) is 5.29. The number of nitrogens with one attached hydrogen (secondary N) is 2. The summed E-state index contributed by atoms with van der Waals surface area (Å²) in [6.45, 7) is 1.28. The Morgan fingerprint density at radius 2 is 2.16 bits per heavy atom. The molecule has 0 saturated carbocycles. The first-order valence-electron chi connectivity index (χ1n) is 4.96. The Hall–Kier alpha value is -1.72. The number of carbonyl (C=O) groups is 1. The molecular weight excluding hydrogens is 296 g/mol.